The van der Waals surface area contributed by atoms with E-state index in [1.165, 1.54) is 0 Å². The van der Waals surface area contributed by atoms with Gasteiger partial charge in [-0.2, -0.15) is 0 Å². The summed E-state index contributed by atoms with van der Waals surface area (Å²) in [5.41, 5.74) is 0. The molecule has 0 saturated carbocycles. The Morgan fingerprint density at radius 3 is 2.92 bits per heavy atom. The Balaban J connectivity index is 2.11. The minimum absolute atomic E-state index is 0.306. The molecule has 0 aromatic heterocycles. The van der Waals surface area contributed by atoms with Gasteiger partial charge in [-0.3, -0.25) is 4.79 Å². The number of aliphatic carboxylic acids is 1. The third kappa shape index (κ3) is 1.14. The van der Waals surface area contributed by atoms with Gasteiger partial charge in [0.25, 0.3) is 0 Å². The minimum atomic E-state index is -0.696. The summed E-state index contributed by atoms with van der Waals surface area (Å²) >= 11 is 0. The molecule has 2 N–H and O–H groups in total. The second-order valence-corrected chi connectivity index (χ2v) is 3.59. The zero-order valence-corrected chi connectivity index (χ0v) is 6.86. The molecule has 1 aliphatic heterocycles. The van der Waals surface area contributed by atoms with Crippen LogP contribution in [0.1, 0.15) is 12.8 Å². The van der Waals surface area contributed by atoms with Crippen LogP contribution in [0.5, 0.6) is 0 Å². The van der Waals surface area contributed by atoms with Crippen LogP contribution >= 0.6 is 0 Å². The lowest BCUT2D eigenvalue weighted by atomic mass is 9.82. The van der Waals surface area contributed by atoms with E-state index in [1.54, 1.807) is 0 Å². The second-order valence-electron chi connectivity index (χ2n) is 3.59. The molecule has 1 saturated heterocycles. The molecule has 0 spiro atoms. The molecular formula is C9H13NO2. The highest BCUT2D eigenvalue weighted by Crippen LogP contribution is 2.32. The number of nitrogens with one attached hydrogen (secondary N) is 1. The van der Waals surface area contributed by atoms with Gasteiger partial charge in [0, 0.05) is 0 Å². The standard InChI is InChI=1S/C9H13NO2/c11-9(12)8-7-4-2-1-3-6(7)5-10-8/h1-2,6-8,10H,3-5H2,(H,11,12). The van der Waals surface area contributed by atoms with E-state index in [2.05, 4.69) is 17.5 Å². The molecule has 0 aromatic rings. The van der Waals surface area contributed by atoms with Crippen LogP contribution in [-0.2, 0) is 4.79 Å². The average Bonchev–Trinajstić information content (AvgIpc) is 2.47. The van der Waals surface area contributed by atoms with E-state index in [0.717, 1.165) is 19.4 Å². The van der Waals surface area contributed by atoms with Crippen LogP contribution in [0.2, 0.25) is 0 Å². The summed E-state index contributed by atoms with van der Waals surface area (Å²) in [7, 11) is 0. The molecule has 3 heteroatoms. The largest absolute Gasteiger partial charge is 0.480 e. The molecule has 3 nitrogen and oxygen atoms in total. The summed E-state index contributed by atoms with van der Waals surface area (Å²) in [6.45, 7) is 0.867. The second kappa shape index (κ2) is 2.90. The van der Waals surface area contributed by atoms with Crippen LogP contribution in [0.3, 0.4) is 0 Å². The molecule has 3 unspecified atom stereocenters. The molecule has 3 atom stereocenters. The first kappa shape index (κ1) is 7.80. The Morgan fingerprint density at radius 2 is 2.17 bits per heavy atom. The van der Waals surface area contributed by atoms with Crippen molar-refractivity contribution < 1.29 is 9.90 Å². The van der Waals surface area contributed by atoms with Crippen molar-refractivity contribution in [3.05, 3.63) is 12.2 Å². The van der Waals surface area contributed by atoms with E-state index in [-0.39, 0.29) is 6.04 Å². The zero-order valence-electron chi connectivity index (χ0n) is 6.86. The van der Waals surface area contributed by atoms with Crippen LogP contribution in [0, 0.1) is 11.8 Å². The Kier molecular flexibility index (Phi) is 1.89. The molecular weight excluding hydrogens is 154 g/mol. The summed E-state index contributed by atoms with van der Waals surface area (Å²) in [6.07, 6.45) is 6.23. The lowest BCUT2D eigenvalue weighted by Gasteiger charge is -2.22. The van der Waals surface area contributed by atoms with E-state index in [4.69, 9.17) is 5.11 Å². The van der Waals surface area contributed by atoms with Gasteiger partial charge in [0.2, 0.25) is 0 Å². The molecule has 1 fully saturated rings. The Hall–Kier alpha value is -0.830. The predicted molar refractivity (Wildman–Crippen MR) is 44.8 cm³/mol. The fourth-order valence-corrected chi connectivity index (χ4v) is 2.23. The highest BCUT2D eigenvalue weighted by Gasteiger charge is 2.39. The van der Waals surface area contributed by atoms with Crippen molar-refractivity contribution >= 4 is 5.97 Å². The van der Waals surface area contributed by atoms with E-state index >= 15 is 0 Å². The first-order valence-corrected chi connectivity index (χ1v) is 4.40. The summed E-state index contributed by atoms with van der Waals surface area (Å²) in [6, 6.07) is -0.306. The Morgan fingerprint density at radius 1 is 1.42 bits per heavy atom. The molecule has 1 aliphatic carbocycles. The van der Waals surface area contributed by atoms with Crippen LogP contribution in [0.25, 0.3) is 0 Å². The first-order chi connectivity index (χ1) is 5.79. The summed E-state index contributed by atoms with van der Waals surface area (Å²) in [5.74, 6) is 0.182. The topological polar surface area (TPSA) is 49.3 Å². The van der Waals surface area contributed by atoms with E-state index < -0.39 is 5.97 Å². The summed E-state index contributed by atoms with van der Waals surface area (Å²) in [5, 5.41) is 11.9. The molecule has 0 bridgehead atoms. The molecule has 66 valence electrons. The normalized spacial score (nSPS) is 39.5. The molecule has 2 aliphatic rings. The lowest BCUT2D eigenvalue weighted by molar-refractivity contribution is -0.140. The maximum absolute atomic E-state index is 10.8. The van der Waals surface area contributed by atoms with Crippen molar-refractivity contribution in [3.8, 4) is 0 Å². The Labute approximate surface area is 71.5 Å². The maximum Gasteiger partial charge on any atom is 0.321 e. The van der Waals surface area contributed by atoms with Crippen molar-refractivity contribution in [2.45, 2.75) is 18.9 Å². The van der Waals surface area contributed by atoms with Crippen molar-refractivity contribution in [1.29, 1.82) is 0 Å². The van der Waals surface area contributed by atoms with Gasteiger partial charge < -0.3 is 10.4 Å². The predicted octanol–water partition coefficient (Wildman–Crippen LogP) is 0.625. The smallest absolute Gasteiger partial charge is 0.321 e. The Bertz CT molecular complexity index is 225. The van der Waals surface area contributed by atoms with Gasteiger partial charge in [-0.1, -0.05) is 12.2 Å². The molecule has 2 rings (SSSR count). The number of hydrogen-bond acceptors (Lipinski definition) is 2. The summed E-state index contributed by atoms with van der Waals surface area (Å²) < 4.78 is 0. The van der Waals surface area contributed by atoms with E-state index in [1.807, 2.05) is 0 Å². The van der Waals surface area contributed by atoms with Crippen molar-refractivity contribution in [3.63, 3.8) is 0 Å². The lowest BCUT2D eigenvalue weighted by Crippen LogP contribution is -2.35. The number of fused-ring (bicyclic) bond motifs is 1. The SMILES string of the molecule is O=C(O)C1NCC2CC=CCC21. The van der Waals surface area contributed by atoms with Gasteiger partial charge in [0.05, 0.1) is 0 Å². The van der Waals surface area contributed by atoms with Gasteiger partial charge in [-0.05, 0) is 31.2 Å². The van der Waals surface area contributed by atoms with Crippen LogP contribution in [0.15, 0.2) is 12.2 Å². The van der Waals surface area contributed by atoms with Crippen LogP contribution in [-0.4, -0.2) is 23.7 Å². The third-order valence-corrected chi connectivity index (χ3v) is 2.91. The number of carboxylic acids is 1. The number of hydrogen-bond donors (Lipinski definition) is 2. The van der Waals surface area contributed by atoms with Crippen LogP contribution < -0.4 is 5.32 Å². The molecule has 12 heavy (non-hydrogen) atoms. The van der Waals surface area contributed by atoms with Crippen LogP contribution in [0.4, 0.5) is 0 Å². The van der Waals surface area contributed by atoms with Gasteiger partial charge in [-0.25, -0.2) is 0 Å². The average molecular weight is 167 g/mol. The molecule has 0 radical (unpaired) electrons. The fraction of sp³-hybridized carbons (Fsp3) is 0.667. The monoisotopic (exact) mass is 167 g/mol. The number of allylic oxidation sites excluding steroid dienone is 2. The van der Waals surface area contributed by atoms with Gasteiger partial charge in [0.1, 0.15) is 6.04 Å². The third-order valence-electron chi connectivity index (χ3n) is 2.91. The van der Waals surface area contributed by atoms with Crippen molar-refractivity contribution in [2.24, 2.45) is 11.8 Å². The quantitative estimate of drug-likeness (QED) is 0.563. The number of carboxylic acid groups (broad SMARTS) is 1. The van der Waals surface area contributed by atoms with Gasteiger partial charge in [0.15, 0.2) is 0 Å². The minimum Gasteiger partial charge on any atom is -0.480 e. The maximum atomic E-state index is 10.8. The fourth-order valence-electron chi connectivity index (χ4n) is 2.23. The molecule has 0 amide bonds. The molecule has 1 heterocycles. The highest BCUT2D eigenvalue weighted by atomic mass is 16.4. The van der Waals surface area contributed by atoms with Crippen molar-refractivity contribution in [2.75, 3.05) is 6.54 Å². The van der Waals surface area contributed by atoms with Gasteiger partial charge in [-0.15, -0.1) is 0 Å². The van der Waals surface area contributed by atoms with Crippen molar-refractivity contribution in [1.82, 2.24) is 5.32 Å². The summed E-state index contributed by atoms with van der Waals surface area (Å²) in [4.78, 5) is 10.8. The highest BCUT2D eigenvalue weighted by molar-refractivity contribution is 5.74. The van der Waals surface area contributed by atoms with E-state index in [9.17, 15) is 4.79 Å². The molecule has 0 aromatic carbocycles. The zero-order chi connectivity index (χ0) is 8.55. The van der Waals surface area contributed by atoms with Gasteiger partial charge >= 0.3 is 5.97 Å². The number of rotatable bonds is 1. The first-order valence-electron chi connectivity index (χ1n) is 4.40. The number of carbonyl (C=O) groups is 1. The van der Waals surface area contributed by atoms with E-state index in [0.29, 0.717) is 11.8 Å².